The molecular weight excluding hydrogens is 424 g/mol. The molecule has 1 unspecified atom stereocenters. The van der Waals surface area contributed by atoms with E-state index in [0.717, 1.165) is 0 Å². The fourth-order valence-electron chi connectivity index (χ4n) is 2.83. The number of carbonyl (C=O) groups excluding carboxylic acids is 2. The van der Waals surface area contributed by atoms with E-state index in [9.17, 15) is 27.9 Å². The van der Waals surface area contributed by atoms with Crippen molar-refractivity contribution in [2.24, 2.45) is 0 Å². The third-order valence-electron chi connectivity index (χ3n) is 4.19. The van der Waals surface area contributed by atoms with Crippen molar-refractivity contribution in [1.82, 2.24) is 5.32 Å². The topological polar surface area (TPSA) is 139 Å². The Hall–Kier alpha value is -2.59. The van der Waals surface area contributed by atoms with Gasteiger partial charge < -0.3 is 15.2 Å². The van der Waals surface area contributed by atoms with E-state index in [1.807, 2.05) is 0 Å². The molecule has 0 spiro atoms. The molecule has 0 saturated carbocycles. The van der Waals surface area contributed by atoms with Gasteiger partial charge in [0.1, 0.15) is 11.8 Å². The molecule has 1 atom stereocenters. The second kappa shape index (κ2) is 9.75. The second-order valence-corrected chi connectivity index (χ2v) is 8.48. The van der Waals surface area contributed by atoms with Crippen LogP contribution in [0.3, 0.4) is 0 Å². The van der Waals surface area contributed by atoms with Gasteiger partial charge in [-0.2, -0.15) is 0 Å². The number of carboxylic acid groups (broad SMARTS) is 1. The van der Waals surface area contributed by atoms with Crippen LogP contribution in [0.4, 0.5) is 5.69 Å². The number of esters is 1. The molecular formula is C18H21ClN2O7S. The predicted molar refractivity (Wildman–Crippen MR) is 106 cm³/mol. The summed E-state index contributed by atoms with van der Waals surface area (Å²) in [7, 11) is -4.06. The highest BCUT2D eigenvalue weighted by Crippen LogP contribution is 2.29. The first kappa shape index (κ1) is 22.7. The van der Waals surface area contributed by atoms with E-state index in [2.05, 4.69) is 10.0 Å². The van der Waals surface area contributed by atoms with E-state index >= 15 is 0 Å². The Bertz CT molecular complexity index is 944. The summed E-state index contributed by atoms with van der Waals surface area (Å²) in [6.45, 7) is 1.52. The summed E-state index contributed by atoms with van der Waals surface area (Å²) in [6.07, 6.45) is 2.65. The number of hydrogen-bond donors (Lipinski definition) is 3. The van der Waals surface area contributed by atoms with Gasteiger partial charge in [0, 0.05) is 5.56 Å². The first-order chi connectivity index (χ1) is 13.7. The number of nitrogens with one attached hydrogen (secondary N) is 2. The highest BCUT2D eigenvalue weighted by Gasteiger charge is 2.34. The molecule has 1 amide bonds. The monoisotopic (exact) mass is 444 g/mol. The van der Waals surface area contributed by atoms with Gasteiger partial charge in [0.15, 0.2) is 0 Å². The summed E-state index contributed by atoms with van der Waals surface area (Å²) in [4.78, 5) is 34.7. The van der Waals surface area contributed by atoms with E-state index < -0.39 is 33.1 Å². The van der Waals surface area contributed by atoms with Crippen LogP contribution in [0.2, 0.25) is 5.02 Å². The molecule has 0 aromatic heterocycles. The van der Waals surface area contributed by atoms with Gasteiger partial charge in [-0.05, 0) is 44.4 Å². The van der Waals surface area contributed by atoms with Gasteiger partial charge >= 0.3 is 11.9 Å². The van der Waals surface area contributed by atoms with Gasteiger partial charge in [-0.1, -0.05) is 17.7 Å². The minimum Gasteiger partial charge on any atom is -0.478 e. The van der Waals surface area contributed by atoms with Crippen molar-refractivity contribution in [1.29, 1.82) is 0 Å². The first-order valence-electron chi connectivity index (χ1n) is 8.84. The van der Waals surface area contributed by atoms with Crippen molar-refractivity contribution < 1.29 is 32.6 Å². The Morgan fingerprint density at radius 1 is 1.31 bits per heavy atom. The van der Waals surface area contributed by atoms with Crippen molar-refractivity contribution in [2.45, 2.75) is 31.4 Å². The van der Waals surface area contributed by atoms with Crippen LogP contribution >= 0.6 is 11.6 Å². The summed E-state index contributed by atoms with van der Waals surface area (Å²) in [5.74, 6) is -2.45. The van der Waals surface area contributed by atoms with Crippen LogP contribution in [0, 0.1) is 0 Å². The number of allylic oxidation sites excluding steroid dienone is 1. The molecule has 29 heavy (non-hydrogen) atoms. The quantitative estimate of drug-likeness (QED) is 0.520. The van der Waals surface area contributed by atoms with Crippen LogP contribution in [0.25, 0.3) is 0 Å². The third kappa shape index (κ3) is 5.94. The van der Waals surface area contributed by atoms with Crippen LogP contribution in [-0.4, -0.2) is 49.8 Å². The van der Waals surface area contributed by atoms with Crippen molar-refractivity contribution in [3.8, 4) is 0 Å². The summed E-state index contributed by atoms with van der Waals surface area (Å²) in [5.41, 5.74) is -0.0372. The van der Waals surface area contributed by atoms with Gasteiger partial charge in [0.05, 0.1) is 22.9 Å². The number of sulfonamides is 1. The van der Waals surface area contributed by atoms with Crippen LogP contribution in [0.15, 0.2) is 29.8 Å². The molecule has 0 radical (unpaired) electrons. The van der Waals surface area contributed by atoms with Crippen molar-refractivity contribution in [3.63, 3.8) is 0 Å². The van der Waals surface area contributed by atoms with Crippen LogP contribution in [0.1, 0.15) is 36.5 Å². The number of halogens is 1. The highest BCUT2D eigenvalue weighted by molar-refractivity contribution is 7.93. The third-order valence-corrected chi connectivity index (χ3v) is 6.24. The van der Waals surface area contributed by atoms with E-state index in [1.54, 1.807) is 6.92 Å². The molecule has 1 aliphatic rings. The SMILES string of the molecule is CCOC(=O)CNC(=O)c1ccc(NS(=O)(=O)C2CCCC=C2C(=O)O)c(Cl)c1. The van der Waals surface area contributed by atoms with Crippen LogP contribution in [0.5, 0.6) is 0 Å². The summed E-state index contributed by atoms with van der Waals surface area (Å²) in [6, 6.07) is 3.87. The average molecular weight is 445 g/mol. The summed E-state index contributed by atoms with van der Waals surface area (Å²) >= 11 is 6.10. The zero-order chi connectivity index (χ0) is 21.6. The molecule has 1 aliphatic carbocycles. The maximum Gasteiger partial charge on any atom is 0.332 e. The summed E-state index contributed by atoms with van der Waals surface area (Å²) < 4.78 is 32.4. The highest BCUT2D eigenvalue weighted by atomic mass is 35.5. The van der Waals surface area contributed by atoms with E-state index in [4.69, 9.17) is 16.3 Å². The Morgan fingerprint density at radius 3 is 2.66 bits per heavy atom. The van der Waals surface area contributed by atoms with E-state index in [1.165, 1.54) is 24.3 Å². The minimum atomic E-state index is -4.06. The molecule has 9 nitrogen and oxygen atoms in total. The van der Waals surface area contributed by atoms with Gasteiger partial charge in [-0.3, -0.25) is 14.3 Å². The lowest BCUT2D eigenvalue weighted by molar-refractivity contribution is -0.141. The van der Waals surface area contributed by atoms with Gasteiger partial charge in [0.25, 0.3) is 5.91 Å². The van der Waals surface area contributed by atoms with Crippen LogP contribution < -0.4 is 10.0 Å². The molecule has 3 N–H and O–H groups in total. The van der Waals surface area contributed by atoms with Crippen molar-refractivity contribution >= 4 is 45.2 Å². The predicted octanol–water partition coefficient (Wildman–Crippen LogP) is 1.94. The zero-order valence-electron chi connectivity index (χ0n) is 15.6. The number of aliphatic carboxylic acids is 1. The number of rotatable bonds is 8. The normalized spacial score (nSPS) is 16.5. The lowest BCUT2D eigenvalue weighted by atomic mass is 9.99. The maximum atomic E-state index is 12.7. The lowest BCUT2D eigenvalue weighted by Crippen LogP contribution is -2.34. The number of ether oxygens (including phenoxy) is 1. The number of anilines is 1. The molecule has 0 bridgehead atoms. The molecule has 11 heteroatoms. The van der Waals surface area contributed by atoms with Gasteiger partial charge in [0.2, 0.25) is 10.0 Å². The van der Waals surface area contributed by atoms with Crippen molar-refractivity contribution in [2.75, 3.05) is 17.9 Å². The largest absolute Gasteiger partial charge is 0.478 e. The number of hydrogen-bond acceptors (Lipinski definition) is 6. The van der Waals surface area contributed by atoms with E-state index in [-0.39, 0.29) is 41.4 Å². The number of benzene rings is 1. The van der Waals surface area contributed by atoms with Gasteiger partial charge in [-0.25, -0.2) is 13.2 Å². The fourth-order valence-corrected chi connectivity index (χ4v) is 4.74. The molecule has 1 aromatic carbocycles. The Kier molecular flexibility index (Phi) is 7.63. The van der Waals surface area contributed by atoms with Crippen LogP contribution in [-0.2, 0) is 24.3 Å². The molecule has 2 rings (SSSR count). The maximum absolute atomic E-state index is 12.7. The molecule has 0 aliphatic heterocycles. The standard InChI is InChI=1S/C18H21ClN2O7S/c1-2-28-16(22)10-20-17(23)11-7-8-14(13(19)9-11)21-29(26,27)15-6-4-3-5-12(15)18(24)25/h5,7-9,15,21H,2-4,6,10H2,1H3,(H,20,23)(H,24,25). The average Bonchev–Trinajstić information content (AvgIpc) is 2.67. The Balaban J connectivity index is 2.13. The smallest absolute Gasteiger partial charge is 0.332 e. The number of carboxylic acids is 1. The Labute approximate surface area is 173 Å². The number of amides is 1. The molecule has 0 saturated heterocycles. The lowest BCUT2D eigenvalue weighted by Gasteiger charge is -2.23. The molecule has 1 aromatic rings. The molecule has 0 fully saturated rings. The number of carbonyl (C=O) groups is 3. The summed E-state index contributed by atoms with van der Waals surface area (Å²) in [5, 5.41) is 10.4. The van der Waals surface area contributed by atoms with Crippen molar-refractivity contribution in [3.05, 3.63) is 40.4 Å². The van der Waals surface area contributed by atoms with Gasteiger partial charge in [-0.15, -0.1) is 0 Å². The first-order valence-corrected chi connectivity index (χ1v) is 10.8. The molecule has 0 heterocycles. The zero-order valence-corrected chi connectivity index (χ0v) is 17.2. The Morgan fingerprint density at radius 2 is 2.03 bits per heavy atom. The minimum absolute atomic E-state index is 0.0175. The van der Waals surface area contributed by atoms with E-state index in [0.29, 0.717) is 12.8 Å². The fraction of sp³-hybridized carbons (Fsp3) is 0.389. The molecule has 158 valence electrons. The second-order valence-electron chi connectivity index (χ2n) is 6.21.